The van der Waals surface area contributed by atoms with Crippen LogP contribution in [0.25, 0.3) is 0 Å². The van der Waals surface area contributed by atoms with Gasteiger partial charge in [-0.2, -0.15) is 0 Å². The van der Waals surface area contributed by atoms with Gasteiger partial charge in [0, 0.05) is 12.6 Å². The quantitative estimate of drug-likeness (QED) is 0.323. The molecule has 21 heavy (non-hydrogen) atoms. The van der Waals surface area contributed by atoms with Gasteiger partial charge in [0.05, 0.1) is 5.60 Å². The molecule has 0 radical (unpaired) electrons. The van der Waals surface area contributed by atoms with Crippen molar-refractivity contribution in [1.82, 2.24) is 5.32 Å². The van der Waals surface area contributed by atoms with Crippen molar-refractivity contribution in [3.63, 3.8) is 0 Å². The number of aliphatic hydroxyl groups is 1. The zero-order valence-corrected chi connectivity index (χ0v) is 14.0. The van der Waals surface area contributed by atoms with Crippen LogP contribution in [0.3, 0.4) is 0 Å². The molecule has 0 atom stereocenters. The third-order valence-corrected chi connectivity index (χ3v) is 3.16. The number of hydrogen-bond donors (Lipinski definition) is 2. The molecule has 0 aliphatic carbocycles. The number of carbonyl (C=O) groups excluding carboxylic acids is 1. The van der Waals surface area contributed by atoms with Crippen LogP contribution in [0.15, 0.2) is 24.3 Å². The first-order valence-electron chi connectivity index (χ1n) is 8.29. The largest absolute Gasteiger partial charge is 0.389 e. The summed E-state index contributed by atoms with van der Waals surface area (Å²) in [4.78, 5) is 11.4. The maximum Gasteiger partial charge on any atom is 0.244 e. The van der Waals surface area contributed by atoms with Crippen LogP contribution in [0.4, 0.5) is 0 Å². The monoisotopic (exact) mass is 295 g/mol. The van der Waals surface area contributed by atoms with Gasteiger partial charge < -0.3 is 10.4 Å². The van der Waals surface area contributed by atoms with E-state index in [0.29, 0.717) is 0 Å². The van der Waals surface area contributed by atoms with Gasteiger partial charge in [-0.15, -0.1) is 0 Å². The van der Waals surface area contributed by atoms with Crippen LogP contribution in [-0.2, 0) is 4.79 Å². The van der Waals surface area contributed by atoms with Crippen molar-refractivity contribution in [2.24, 2.45) is 0 Å². The van der Waals surface area contributed by atoms with E-state index in [9.17, 15) is 9.90 Å². The molecule has 122 valence electrons. The van der Waals surface area contributed by atoms with Crippen LogP contribution in [-0.4, -0.2) is 23.2 Å². The molecule has 0 rings (SSSR count). The molecule has 2 N–H and O–H groups in total. The lowest BCUT2D eigenvalue weighted by atomic mass is 10.1. The normalized spacial score (nSPS) is 12.4. The fourth-order valence-corrected chi connectivity index (χ4v) is 1.90. The number of unbranched alkanes of at least 4 members (excludes halogenated alkanes) is 7. The lowest BCUT2D eigenvalue weighted by molar-refractivity contribution is -0.117. The zero-order valence-electron chi connectivity index (χ0n) is 14.0. The fraction of sp³-hybridized carbons (Fsp3) is 0.722. The Bertz CT molecular complexity index is 314. The highest BCUT2D eigenvalue weighted by Gasteiger charge is 2.12. The van der Waals surface area contributed by atoms with Crippen LogP contribution in [0.1, 0.15) is 72.1 Å². The summed E-state index contributed by atoms with van der Waals surface area (Å²) in [6, 6.07) is 0. The Morgan fingerprint density at radius 3 is 2.29 bits per heavy atom. The summed E-state index contributed by atoms with van der Waals surface area (Å²) in [6.07, 6.45) is 17.6. The molecular formula is C18H33NO2. The molecule has 0 saturated heterocycles. The molecule has 1 amide bonds. The first kappa shape index (κ1) is 19.9. The van der Waals surface area contributed by atoms with E-state index in [1.54, 1.807) is 19.9 Å². The van der Waals surface area contributed by atoms with Crippen LogP contribution >= 0.6 is 0 Å². The number of carbonyl (C=O) groups is 1. The Labute approximate surface area is 130 Å². The minimum atomic E-state index is -0.865. The third kappa shape index (κ3) is 16.9. The molecule has 0 aromatic carbocycles. The van der Waals surface area contributed by atoms with Crippen LogP contribution in [0, 0.1) is 0 Å². The van der Waals surface area contributed by atoms with Crippen molar-refractivity contribution in [3.05, 3.63) is 24.3 Å². The van der Waals surface area contributed by atoms with E-state index in [4.69, 9.17) is 0 Å². The Morgan fingerprint density at radius 1 is 1.05 bits per heavy atom. The molecular weight excluding hydrogens is 262 g/mol. The first-order valence-corrected chi connectivity index (χ1v) is 8.29. The maximum absolute atomic E-state index is 11.4. The lowest BCUT2D eigenvalue weighted by Gasteiger charge is -2.16. The predicted molar refractivity (Wildman–Crippen MR) is 90.2 cm³/mol. The smallest absolute Gasteiger partial charge is 0.244 e. The van der Waals surface area contributed by atoms with Gasteiger partial charge in [0.1, 0.15) is 0 Å². The second kappa shape index (κ2) is 12.6. The van der Waals surface area contributed by atoms with Gasteiger partial charge in [-0.25, -0.2) is 0 Å². The van der Waals surface area contributed by atoms with Crippen LogP contribution in [0.2, 0.25) is 0 Å². The number of amides is 1. The van der Waals surface area contributed by atoms with E-state index in [2.05, 4.69) is 18.3 Å². The van der Waals surface area contributed by atoms with E-state index in [-0.39, 0.29) is 12.5 Å². The summed E-state index contributed by atoms with van der Waals surface area (Å²) in [5.41, 5.74) is -0.865. The topological polar surface area (TPSA) is 49.3 Å². The lowest BCUT2D eigenvalue weighted by Crippen LogP contribution is -2.37. The highest BCUT2D eigenvalue weighted by Crippen LogP contribution is 2.08. The summed E-state index contributed by atoms with van der Waals surface area (Å²) in [5.74, 6) is -0.169. The highest BCUT2D eigenvalue weighted by atomic mass is 16.3. The molecule has 0 spiro atoms. The first-order chi connectivity index (χ1) is 9.95. The number of rotatable bonds is 12. The third-order valence-electron chi connectivity index (χ3n) is 3.16. The van der Waals surface area contributed by atoms with Gasteiger partial charge in [0.25, 0.3) is 0 Å². The summed E-state index contributed by atoms with van der Waals surface area (Å²) >= 11 is 0. The molecule has 0 bridgehead atoms. The number of nitrogens with one attached hydrogen (secondary N) is 1. The molecule has 0 fully saturated rings. The van der Waals surface area contributed by atoms with E-state index < -0.39 is 5.60 Å². The molecule has 0 saturated carbocycles. The molecule has 3 nitrogen and oxygen atoms in total. The Kier molecular flexibility index (Phi) is 12.0. The Morgan fingerprint density at radius 2 is 1.67 bits per heavy atom. The van der Waals surface area contributed by atoms with Crippen molar-refractivity contribution in [2.75, 3.05) is 6.54 Å². The SMILES string of the molecule is CCCCCCCCCC=CC=CC(=O)NCC(C)(C)O. The van der Waals surface area contributed by atoms with E-state index in [0.717, 1.165) is 6.42 Å². The van der Waals surface area contributed by atoms with E-state index >= 15 is 0 Å². The predicted octanol–water partition coefficient (Wildman–Crippen LogP) is 4.13. The molecule has 0 heterocycles. The summed E-state index contributed by atoms with van der Waals surface area (Å²) in [5, 5.41) is 12.1. The molecule has 0 aliphatic heterocycles. The van der Waals surface area contributed by atoms with Crippen molar-refractivity contribution in [2.45, 2.75) is 77.7 Å². The second-order valence-electron chi connectivity index (χ2n) is 6.23. The van der Waals surface area contributed by atoms with Crippen LogP contribution < -0.4 is 5.32 Å². The van der Waals surface area contributed by atoms with Gasteiger partial charge in [-0.05, 0) is 26.7 Å². The number of allylic oxidation sites excluding steroid dienone is 3. The number of hydrogen-bond acceptors (Lipinski definition) is 2. The van der Waals surface area contributed by atoms with Crippen molar-refractivity contribution >= 4 is 5.91 Å². The molecule has 3 heteroatoms. The van der Waals surface area contributed by atoms with Gasteiger partial charge >= 0.3 is 0 Å². The summed E-state index contributed by atoms with van der Waals surface area (Å²) < 4.78 is 0. The van der Waals surface area contributed by atoms with Gasteiger partial charge in [-0.3, -0.25) is 4.79 Å². The van der Waals surface area contributed by atoms with Crippen molar-refractivity contribution in [1.29, 1.82) is 0 Å². The molecule has 0 aromatic heterocycles. The summed E-state index contributed by atoms with van der Waals surface area (Å²) in [7, 11) is 0. The Hall–Kier alpha value is -1.09. The molecule has 0 unspecified atom stereocenters. The van der Waals surface area contributed by atoms with Crippen molar-refractivity contribution < 1.29 is 9.90 Å². The second-order valence-corrected chi connectivity index (χ2v) is 6.23. The van der Waals surface area contributed by atoms with Crippen molar-refractivity contribution in [3.8, 4) is 0 Å². The van der Waals surface area contributed by atoms with E-state index in [1.807, 2.05) is 6.08 Å². The fourth-order valence-electron chi connectivity index (χ4n) is 1.90. The van der Waals surface area contributed by atoms with E-state index in [1.165, 1.54) is 51.0 Å². The average molecular weight is 295 g/mol. The minimum Gasteiger partial charge on any atom is -0.389 e. The van der Waals surface area contributed by atoms with Gasteiger partial charge in [0.2, 0.25) is 5.91 Å². The average Bonchev–Trinajstić information content (AvgIpc) is 2.42. The highest BCUT2D eigenvalue weighted by molar-refractivity contribution is 5.87. The zero-order chi connectivity index (χ0) is 16.0. The minimum absolute atomic E-state index is 0.169. The standard InChI is InChI=1S/C18H33NO2/c1-4-5-6-7-8-9-10-11-12-13-14-15-17(20)19-16-18(2,3)21/h12-15,21H,4-11,16H2,1-3H3,(H,19,20). The molecule has 0 aromatic rings. The molecule has 0 aliphatic rings. The maximum atomic E-state index is 11.4. The van der Waals surface area contributed by atoms with Crippen LogP contribution in [0.5, 0.6) is 0 Å². The summed E-state index contributed by atoms with van der Waals surface area (Å²) in [6.45, 7) is 5.83. The van der Waals surface area contributed by atoms with Gasteiger partial charge in [-0.1, -0.05) is 63.7 Å². The van der Waals surface area contributed by atoms with Gasteiger partial charge in [0.15, 0.2) is 0 Å². The Balaban J connectivity index is 3.50.